The number of thioether (sulfide) groups is 1. The van der Waals surface area contributed by atoms with Crippen LogP contribution >= 0.6 is 11.8 Å². The summed E-state index contributed by atoms with van der Waals surface area (Å²) in [5.41, 5.74) is 4.54. The largest absolute Gasteiger partial charge is 0.497 e. The molecule has 170 valence electrons. The van der Waals surface area contributed by atoms with Crippen molar-refractivity contribution in [3.05, 3.63) is 77.9 Å². The second-order valence-electron chi connectivity index (χ2n) is 7.44. The Kier molecular flexibility index (Phi) is 6.84. The van der Waals surface area contributed by atoms with Gasteiger partial charge in [0.05, 0.1) is 19.5 Å². The summed E-state index contributed by atoms with van der Waals surface area (Å²) < 4.78 is 14.7. The SMILES string of the molecule is CCOc1ccc(-n2c(C)cc(C(=O)CSc3nncn3-c3ccc(OC)cc3)c2C)cc1. The number of hydrogen-bond acceptors (Lipinski definition) is 6. The first-order chi connectivity index (χ1) is 16.0. The van der Waals surface area contributed by atoms with Gasteiger partial charge in [0.1, 0.15) is 17.8 Å². The molecule has 2 heterocycles. The number of rotatable bonds is 9. The molecule has 0 spiro atoms. The average Bonchev–Trinajstić information content (AvgIpc) is 3.42. The molecule has 0 aliphatic carbocycles. The number of aromatic nitrogens is 4. The topological polar surface area (TPSA) is 71.2 Å². The molecule has 0 fully saturated rings. The van der Waals surface area contributed by atoms with Crippen molar-refractivity contribution in [3.63, 3.8) is 0 Å². The second-order valence-corrected chi connectivity index (χ2v) is 8.38. The molecule has 0 bridgehead atoms. The van der Waals surface area contributed by atoms with E-state index in [0.717, 1.165) is 34.3 Å². The molecule has 0 atom stereocenters. The van der Waals surface area contributed by atoms with E-state index in [9.17, 15) is 4.79 Å². The lowest BCUT2D eigenvalue weighted by Gasteiger charge is -2.11. The Labute approximate surface area is 197 Å². The van der Waals surface area contributed by atoms with Gasteiger partial charge in [0.2, 0.25) is 0 Å². The van der Waals surface area contributed by atoms with Crippen LogP contribution in [0.5, 0.6) is 11.5 Å². The van der Waals surface area contributed by atoms with E-state index in [1.165, 1.54) is 11.8 Å². The molecule has 0 unspecified atom stereocenters. The van der Waals surface area contributed by atoms with Crippen LogP contribution in [0, 0.1) is 13.8 Å². The highest BCUT2D eigenvalue weighted by atomic mass is 32.2. The van der Waals surface area contributed by atoms with Gasteiger partial charge < -0.3 is 14.0 Å². The van der Waals surface area contributed by atoms with Gasteiger partial charge in [-0.2, -0.15) is 0 Å². The van der Waals surface area contributed by atoms with E-state index < -0.39 is 0 Å². The fourth-order valence-electron chi connectivity index (χ4n) is 3.75. The van der Waals surface area contributed by atoms with Crippen molar-refractivity contribution < 1.29 is 14.3 Å². The molecule has 0 aliphatic heterocycles. The molecule has 0 amide bonds. The Morgan fingerprint density at radius 2 is 1.67 bits per heavy atom. The monoisotopic (exact) mass is 462 g/mol. The van der Waals surface area contributed by atoms with Crippen LogP contribution in [0.3, 0.4) is 0 Å². The maximum atomic E-state index is 13.1. The van der Waals surface area contributed by atoms with Crippen LogP contribution in [0.2, 0.25) is 0 Å². The summed E-state index contributed by atoms with van der Waals surface area (Å²) in [6, 6.07) is 17.5. The first-order valence-corrected chi connectivity index (χ1v) is 11.6. The summed E-state index contributed by atoms with van der Waals surface area (Å²) in [6.45, 7) is 6.57. The zero-order chi connectivity index (χ0) is 23.4. The number of carbonyl (C=O) groups is 1. The van der Waals surface area contributed by atoms with Crippen LogP contribution in [-0.2, 0) is 0 Å². The number of nitrogens with zero attached hydrogens (tertiary/aromatic N) is 4. The Morgan fingerprint density at radius 3 is 2.33 bits per heavy atom. The Hall–Kier alpha value is -3.52. The minimum Gasteiger partial charge on any atom is -0.497 e. The van der Waals surface area contributed by atoms with E-state index in [1.54, 1.807) is 13.4 Å². The predicted octanol–water partition coefficient (Wildman–Crippen LogP) is 5.06. The summed E-state index contributed by atoms with van der Waals surface area (Å²) in [5.74, 6) is 1.92. The number of ketones is 1. The van der Waals surface area contributed by atoms with Gasteiger partial charge in [0.15, 0.2) is 10.9 Å². The van der Waals surface area contributed by atoms with Crippen molar-refractivity contribution >= 4 is 17.5 Å². The Morgan fingerprint density at radius 1 is 1.00 bits per heavy atom. The maximum Gasteiger partial charge on any atom is 0.196 e. The molecular formula is C25H26N4O3S. The lowest BCUT2D eigenvalue weighted by molar-refractivity contribution is 0.102. The number of ether oxygens (including phenoxy) is 2. The highest BCUT2D eigenvalue weighted by Crippen LogP contribution is 2.26. The molecule has 8 heteroatoms. The molecule has 0 radical (unpaired) electrons. The lowest BCUT2D eigenvalue weighted by Crippen LogP contribution is -2.06. The van der Waals surface area contributed by atoms with E-state index in [-0.39, 0.29) is 11.5 Å². The molecule has 0 saturated heterocycles. The molecule has 7 nitrogen and oxygen atoms in total. The summed E-state index contributed by atoms with van der Waals surface area (Å²) >= 11 is 1.37. The molecule has 4 aromatic rings. The first kappa shape index (κ1) is 22.7. The van der Waals surface area contributed by atoms with Gasteiger partial charge in [-0.15, -0.1) is 10.2 Å². The number of benzene rings is 2. The molecule has 2 aromatic heterocycles. The van der Waals surface area contributed by atoms with E-state index in [1.807, 2.05) is 79.9 Å². The van der Waals surface area contributed by atoms with Gasteiger partial charge in [0.25, 0.3) is 0 Å². The van der Waals surface area contributed by atoms with Crippen molar-refractivity contribution in [2.24, 2.45) is 0 Å². The van der Waals surface area contributed by atoms with Crippen LogP contribution in [0.15, 0.2) is 66.1 Å². The van der Waals surface area contributed by atoms with Gasteiger partial charge in [-0.25, -0.2) is 0 Å². The van der Waals surface area contributed by atoms with Crippen molar-refractivity contribution in [1.82, 2.24) is 19.3 Å². The Bertz CT molecular complexity index is 1240. The summed E-state index contributed by atoms with van der Waals surface area (Å²) in [7, 11) is 1.63. The molecule has 0 N–H and O–H groups in total. The van der Waals surface area contributed by atoms with Crippen LogP contribution in [-0.4, -0.2) is 44.6 Å². The Balaban J connectivity index is 1.50. The normalized spacial score (nSPS) is 10.9. The van der Waals surface area contributed by atoms with Crippen molar-refractivity contribution in [1.29, 1.82) is 0 Å². The third kappa shape index (κ3) is 4.80. The van der Waals surface area contributed by atoms with Gasteiger partial charge in [-0.1, -0.05) is 11.8 Å². The highest BCUT2D eigenvalue weighted by molar-refractivity contribution is 7.99. The molecule has 33 heavy (non-hydrogen) atoms. The molecular weight excluding hydrogens is 436 g/mol. The minimum atomic E-state index is 0.0505. The van der Waals surface area contributed by atoms with Gasteiger partial charge in [0, 0.05) is 28.3 Å². The van der Waals surface area contributed by atoms with Crippen LogP contribution < -0.4 is 9.47 Å². The third-order valence-electron chi connectivity index (χ3n) is 5.34. The number of aryl methyl sites for hydroxylation is 1. The first-order valence-electron chi connectivity index (χ1n) is 10.6. The van der Waals surface area contributed by atoms with E-state index in [2.05, 4.69) is 14.8 Å². The minimum absolute atomic E-state index is 0.0505. The van der Waals surface area contributed by atoms with Crippen molar-refractivity contribution in [2.75, 3.05) is 19.5 Å². The fourth-order valence-corrected chi connectivity index (χ4v) is 4.56. The number of Topliss-reactive ketones (excluding diaryl/α,β-unsaturated/α-hetero) is 1. The van der Waals surface area contributed by atoms with E-state index in [4.69, 9.17) is 9.47 Å². The second kappa shape index (κ2) is 9.95. The van der Waals surface area contributed by atoms with E-state index in [0.29, 0.717) is 17.3 Å². The number of hydrogen-bond donors (Lipinski definition) is 0. The molecule has 2 aromatic carbocycles. The number of carbonyl (C=O) groups excluding carboxylic acids is 1. The standard InChI is InChI=1S/C25H26N4O3S/c1-5-32-22-12-8-20(9-13-22)29-17(2)14-23(18(29)3)24(30)15-33-25-27-26-16-28(25)19-6-10-21(31-4)11-7-19/h6-14,16H,5,15H2,1-4H3. The van der Waals surface area contributed by atoms with Crippen LogP contribution in [0.25, 0.3) is 11.4 Å². The third-order valence-corrected chi connectivity index (χ3v) is 6.28. The highest BCUT2D eigenvalue weighted by Gasteiger charge is 2.18. The predicted molar refractivity (Wildman–Crippen MR) is 129 cm³/mol. The molecule has 0 saturated carbocycles. The molecule has 4 rings (SSSR count). The quantitative estimate of drug-likeness (QED) is 0.256. The zero-order valence-corrected chi connectivity index (χ0v) is 19.9. The van der Waals surface area contributed by atoms with E-state index >= 15 is 0 Å². The summed E-state index contributed by atoms with van der Waals surface area (Å²) in [6.07, 6.45) is 1.65. The van der Waals surface area contributed by atoms with Crippen molar-refractivity contribution in [2.45, 2.75) is 25.9 Å². The van der Waals surface area contributed by atoms with Gasteiger partial charge in [-0.05, 0) is 75.4 Å². The summed E-state index contributed by atoms with van der Waals surface area (Å²) in [4.78, 5) is 13.1. The van der Waals surface area contributed by atoms with Crippen LogP contribution in [0.4, 0.5) is 0 Å². The zero-order valence-electron chi connectivity index (χ0n) is 19.1. The fraction of sp³-hybridized carbons (Fsp3) is 0.240. The number of methoxy groups -OCH3 is 1. The molecule has 0 aliphatic rings. The average molecular weight is 463 g/mol. The van der Waals surface area contributed by atoms with Gasteiger partial charge >= 0.3 is 0 Å². The lowest BCUT2D eigenvalue weighted by atomic mass is 10.2. The smallest absolute Gasteiger partial charge is 0.196 e. The van der Waals surface area contributed by atoms with Gasteiger partial charge in [-0.3, -0.25) is 9.36 Å². The maximum absolute atomic E-state index is 13.1. The summed E-state index contributed by atoms with van der Waals surface area (Å²) in [5, 5.41) is 8.88. The van der Waals surface area contributed by atoms with Crippen LogP contribution in [0.1, 0.15) is 28.7 Å². The van der Waals surface area contributed by atoms with Crippen molar-refractivity contribution in [3.8, 4) is 22.9 Å².